The van der Waals surface area contributed by atoms with E-state index in [-0.39, 0.29) is 11.3 Å². The Morgan fingerprint density at radius 3 is 2.58 bits per heavy atom. The van der Waals surface area contributed by atoms with E-state index in [1.54, 1.807) is 49.2 Å². The average molecular weight is 467 g/mol. The van der Waals surface area contributed by atoms with Gasteiger partial charge in [0.25, 0.3) is 11.7 Å². The van der Waals surface area contributed by atoms with Crippen molar-refractivity contribution in [3.8, 4) is 5.75 Å². The summed E-state index contributed by atoms with van der Waals surface area (Å²) in [6, 6.07) is 7.50. The highest BCUT2D eigenvalue weighted by atomic mass is 35.5. The Labute approximate surface area is 196 Å². The van der Waals surface area contributed by atoms with Gasteiger partial charge in [-0.15, -0.1) is 0 Å². The SMILES string of the molecule is CCOc1ccc(C(O)=C2C(=O)C(=O)N(CCCn3ccnc3)[C@@H]2c2ccncc2)cc1Cl. The summed E-state index contributed by atoms with van der Waals surface area (Å²) in [5.41, 5.74) is 1.04. The summed E-state index contributed by atoms with van der Waals surface area (Å²) in [5, 5.41) is 11.4. The number of aryl methyl sites for hydroxylation is 1. The van der Waals surface area contributed by atoms with Crippen molar-refractivity contribution in [2.24, 2.45) is 0 Å². The van der Waals surface area contributed by atoms with Crippen molar-refractivity contribution in [2.75, 3.05) is 13.2 Å². The first-order valence-corrected chi connectivity index (χ1v) is 11.0. The van der Waals surface area contributed by atoms with Crippen LogP contribution in [0.25, 0.3) is 5.76 Å². The minimum atomic E-state index is -0.735. The molecule has 2 aromatic heterocycles. The fourth-order valence-electron chi connectivity index (χ4n) is 3.92. The van der Waals surface area contributed by atoms with Gasteiger partial charge in [-0.05, 0) is 49.2 Å². The molecule has 1 aliphatic rings. The highest BCUT2D eigenvalue weighted by Gasteiger charge is 2.45. The first-order chi connectivity index (χ1) is 16.0. The molecule has 0 saturated carbocycles. The zero-order valence-corrected chi connectivity index (χ0v) is 18.8. The number of aliphatic hydroxyl groups excluding tert-OH is 1. The Balaban J connectivity index is 1.71. The van der Waals surface area contributed by atoms with Crippen LogP contribution in [-0.2, 0) is 16.1 Å². The molecule has 3 aromatic rings. The van der Waals surface area contributed by atoms with Crippen LogP contribution in [0.3, 0.4) is 0 Å². The number of aromatic nitrogens is 3. The van der Waals surface area contributed by atoms with Gasteiger partial charge < -0.3 is 19.3 Å². The Bertz CT molecular complexity index is 1180. The molecule has 1 saturated heterocycles. The molecule has 1 aromatic carbocycles. The van der Waals surface area contributed by atoms with E-state index >= 15 is 0 Å². The number of likely N-dealkylation sites (tertiary alicyclic amines) is 1. The van der Waals surface area contributed by atoms with Gasteiger partial charge in [-0.1, -0.05) is 11.6 Å². The number of ether oxygens (including phenoxy) is 1. The van der Waals surface area contributed by atoms with Crippen molar-refractivity contribution >= 4 is 29.1 Å². The number of carbonyl (C=O) groups is 2. The number of halogens is 1. The second kappa shape index (κ2) is 9.87. The fraction of sp³-hybridized carbons (Fsp3) is 0.250. The number of ketones is 1. The van der Waals surface area contributed by atoms with Crippen LogP contribution in [-0.4, -0.2) is 49.4 Å². The molecule has 0 unspecified atom stereocenters. The highest BCUT2D eigenvalue weighted by molar-refractivity contribution is 6.46. The van der Waals surface area contributed by atoms with Gasteiger partial charge in [0, 0.05) is 43.4 Å². The third kappa shape index (κ3) is 4.61. The Hall–Kier alpha value is -3.65. The van der Waals surface area contributed by atoms with Crippen molar-refractivity contribution < 1.29 is 19.4 Å². The molecule has 1 N–H and O–H groups in total. The number of rotatable bonds is 8. The molecule has 0 aliphatic carbocycles. The van der Waals surface area contributed by atoms with Crippen molar-refractivity contribution in [3.05, 3.63) is 83.2 Å². The molecule has 8 nitrogen and oxygen atoms in total. The van der Waals surface area contributed by atoms with E-state index in [4.69, 9.17) is 16.3 Å². The van der Waals surface area contributed by atoms with E-state index in [9.17, 15) is 14.7 Å². The van der Waals surface area contributed by atoms with Crippen LogP contribution in [0.2, 0.25) is 5.02 Å². The number of nitrogens with zero attached hydrogens (tertiary/aromatic N) is 4. The summed E-state index contributed by atoms with van der Waals surface area (Å²) in [6.45, 7) is 3.25. The zero-order chi connectivity index (χ0) is 23.4. The molecule has 33 heavy (non-hydrogen) atoms. The average Bonchev–Trinajstić information content (AvgIpc) is 3.43. The van der Waals surface area contributed by atoms with Gasteiger partial charge in [-0.3, -0.25) is 14.6 Å². The smallest absolute Gasteiger partial charge is 0.295 e. The minimum absolute atomic E-state index is 0.0223. The quantitative estimate of drug-likeness (QED) is 0.308. The lowest BCUT2D eigenvalue weighted by atomic mass is 9.96. The van der Waals surface area contributed by atoms with E-state index in [0.29, 0.717) is 48.0 Å². The maximum absolute atomic E-state index is 13.1. The van der Waals surface area contributed by atoms with Gasteiger partial charge in [-0.2, -0.15) is 0 Å². The number of aliphatic hydroxyl groups is 1. The number of amides is 1. The first-order valence-electron chi connectivity index (χ1n) is 10.6. The van der Waals surface area contributed by atoms with Crippen molar-refractivity contribution in [1.29, 1.82) is 0 Å². The molecule has 1 aliphatic heterocycles. The van der Waals surface area contributed by atoms with Crippen molar-refractivity contribution in [1.82, 2.24) is 19.4 Å². The van der Waals surface area contributed by atoms with Crippen LogP contribution < -0.4 is 4.74 Å². The molecule has 3 heterocycles. The molecule has 4 rings (SSSR count). The van der Waals surface area contributed by atoms with E-state index in [1.165, 1.54) is 11.0 Å². The lowest BCUT2D eigenvalue weighted by Gasteiger charge is -2.25. The number of Topliss-reactive ketones (excluding diaryl/α,β-unsaturated/α-hetero) is 1. The Morgan fingerprint density at radius 2 is 1.91 bits per heavy atom. The van der Waals surface area contributed by atoms with Gasteiger partial charge in [0.15, 0.2) is 0 Å². The molecular weight excluding hydrogens is 444 g/mol. The Kier molecular flexibility index (Phi) is 6.74. The van der Waals surface area contributed by atoms with Gasteiger partial charge in [0.05, 0.1) is 29.6 Å². The number of pyridine rings is 1. The maximum atomic E-state index is 13.1. The number of benzene rings is 1. The van der Waals surface area contributed by atoms with Crippen LogP contribution in [0, 0.1) is 0 Å². The van der Waals surface area contributed by atoms with Crippen LogP contribution >= 0.6 is 11.6 Å². The molecule has 1 atom stereocenters. The highest BCUT2D eigenvalue weighted by Crippen LogP contribution is 2.40. The Morgan fingerprint density at radius 1 is 1.12 bits per heavy atom. The van der Waals surface area contributed by atoms with Crippen molar-refractivity contribution in [2.45, 2.75) is 25.9 Å². The second-order valence-electron chi connectivity index (χ2n) is 7.51. The van der Waals surface area contributed by atoms with Gasteiger partial charge in [0.2, 0.25) is 0 Å². The van der Waals surface area contributed by atoms with E-state index in [0.717, 1.165) is 0 Å². The topological polar surface area (TPSA) is 97.6 Å². The lowest BCUT2D eigenvalue weighted by molar-refractivity contribution is -0.139. The van der Waals surface area contributed by atoms with Crippen LogP contribution in [0.5, 0.6) is 5.75 Å². The standard InChI is InChI=1S/C24H23ClN4O4/c1-2-33-19-5-4-17(14-18(19)25)22(30)20-21(16-6-8-26-9-7-16)29(24(32)23(20)31)12-3-11-28-13-10-27-15-28/h4-10,13-15,21,30H,2-3,11-12H2,1H3/t21-/m1/s1. The predicted octanol–water partition coefficient (Wildman–Crippen LogP) is 3.84. The molecule has 0 bridgehead atoms. The molecule has 170 valence electrons. The van der Waals surface area contributed by atoms with Gasteiger partial charge >= 0.3 is 0 Å². The maximum Gasteiger partial charge on any atom is 0.295 e. The fourth-order valence-corrected chi connectivity index (χ4v) is 4.16. The molecule has 9 heteroatoms. The number of hydrogen-bond donors (Lipinski definition) is 1. The normalized spacial score (nSPS) is 17.5. The van der Waals surface area contributed by atoms with Crippen LogP contribution in [0.1, 0.15) is 30.5 Å². The number of carbonyl (C=O) groups excluding carboxylic acids is 2. The molecular formula is C24H23ClN4O4. The zero-order valence-electron chi connectivity index (χ0n) is 18.0. The van der Waals surface area contributed by atoms with Crippen molar-refractivity contribution in [3.63, 3.8) is 0 Å². The summed E-state index contributed by atoms with van der Waals surface area (Å²) < 4.78 is 7.35. The molecule has 0 spiro atoms. The lowest BCUT2D eigenvalue weighted by Crippen LogP contribution is -2.31. The first kappa shape index (κ1) is 22.5. The molecule has 1 amide bonds. The predicted molar refractivity (Wildman–Crippen MR) is 123 cm³/mol. The summed E-state index contributed by atoms with van der Waals surface area (Å²) in [7, 11) is 0. The minimum Gasteiger partial charge on any atom is -0.507 e. The van der Waals surface area contributed by atoms with E-state index in [2.05, 4.69) is 9.97 Å². The molecule has 1 fully saturated rings. The van der Waals surface area contributed by atoms with Gasteiger partial charge in [-0.25, -0.2) is 4.98 Å². The summed E-state index contributed by atoms with van der Waals surface area (Å²) in [5.74, 6) is -1.19. The monoisotopic (exact) mass is 466 g/mol. The van der Waals surface area contributed by atoms with Crippen LogP contribution in [0.4, 0.5) is 0 Å². The summed E-state index contributed by atoms with van der Waals surface area (Å²) >= 11 is 6.29. The van der Waals surface area contributed by atoms with E-state index in [1.807, 2.05) is 17.7 Å². The third-order valence-electron chi connectivity index (χ3n) is 5.44. The summed E-state index contributed by atoms with van der Waals surface area (Å²) in [4.78, 5) is 35.6. The third-order valence-corrected chi connectivity index (χ3v) is 5.74. The largest absolute Gasteiger partial charge is 0.507 e. The molecule has 0 radical (unpaired) electrons. The van der Waals surface area contributed by atoms with E-state index < -0.39 is 17.7 Å². The number of hydrogen-bond acceptors (Lipinski definition) is 6. The van der Waals surface area contributed by atoms with Gasteiger partial charge in [0.1, 0.15) is 11.5 Å². The summed E-state index contributed by atoms with van der Waals surface area (Å²) in [6.07, 6.45) is 9.02. The number of imidazole rings is 1. The van der Waals surface area contributed by atoms with Crippen LogP contribution in [0.15, 0.2) is 67.0 Å². The second-order valence-corrected chi connectivity index (χ2v) is 7.91.